The molecule has 0 spiro atoms. The van der Waals surface area contributed by atoms with E-state index in [0.29, 0.717) is 29.9 Å². The van der Waals surface area contributed by atoms with Crippen molar-refractivity contribution in [1.82, 2.24) is 0 Å². The summed E-state index contributed by atoms with van der Waals surface area (Å²) in [6.45, 7) is 0. The highest BCUT2D eigenvalue weighted by Gasteiger charge is 2.22. The van der Waals surface area contributed by atoms with Gasteiger partial charge in [0, 0.05) is 28.6 Å². The van der Waals surface area contributed by atoms with Crippen molar-refractivity contribution in [2.24, 2.45) is 0 Å². The van der Waals surface area contributed by atoms with E-state index >= 15 is 0 Å². The van der Waals surface area contributed by atoms with Crippen molar-refractivity contribution in [2.75, 3.05) is 0 Å². The number of hydrogen-bond acceptors (Lipinski definition) is 2. The van der Waals surface area contributed by atoms with Crippen LogP contribution >= 0.6 is 11.6 Å². The quantitative estimate of drug-likeness (QED) is 0.812. The molecule has 0 radical (unpaired) electrons. The lowest BCUT2D eigenvalue weighted by Gasteiger charge is -2.10. The van der Waals surface area contributed by atoms with Crippen molar-refractivity contribution < 1.29 is 13.9 Å². The van der Waals surface area contributed by atoms with Crippen LogP contribution in [0.15, 0.2) is 36.4 Å². The summed E-state index contributed by atoms with van der Waals surface area (Å²) < 4.78 is 18.9. The highest BCUT2D eigenvalue weighted by atomic mass is 35.5. The summed E-state index contributed by atoms with van der Waals surface area (Å²) in [5, 5.41) is 0.277. The highest BCUT2D eigenvalue weighted by molar-refractivity contribution is 6.30. The maximum atomic E-state index is 13.2. The third-order valence-corrected chi connectivity index (χ3v) is 3.32. The highest BCUT2D eigenvalue weighted by Crippen LogP contribution is 2.34. The van der Waals surface area contributed by atoms with Crippen LogP contribution < -0.4 is 4.74 Å². The molecule has 0 atom stereocenters. The molecule has 1 aliphatic carbocycles. The van der Waals surface area contributed by atoms with Crippen LogP contribution in [0.4, 0.5) is 4.39 Å². The van der Waals surface area contributed by atoms with Gasteiger partial charge in [-0.05, 0) is 24.6 Å². The number of carbonyl (C=O) groups is 1. The summed E-state index contributed by atoms with van der Waals surface area (Å²) in [6, 6.07) is 9.35. The molecule has 2 nitrogen and oxygen atoms in total. The van der Waals surface area contributed by atoms with Gasteiger partial charge in [0.2, 0.25) is 0 Å². The van der Waals surface area contributed by atoms with Crippen LogP contribution in [-0.2, 0) is 6.42 Å². The van der Waals surface area contributed by atoms with Gasteiger partial charge in [0.1, 0.15) is 17.3 Å². The molecule has 0 unspecified atom stereocenters. The molecule has 0 bridgehead atoms. The minimum absolute atomic E-state index is 0.123. The van der Waals surface area contributed by atoms with Gasteiger partial charge in [-0.3, -0.25) is 4.79 Å². The minimum atomic E-state index is -0.453. The van der Waals surface area contributed by atoms with Crippen LogP contribution in [0.25, 0.3) is 0 Å². The zero-order valence-corrected chi connectivity index (χ0v) is 10.7. The number of carbonyl (C=O) groups excluding carboxylic acids is 1. The molecule has 3 rings (SSSR count). The molecule has 2 aromatic carbocycles. The number of ketones is 1. The number of hydrogen-bond donors (Lipinski definition) is 0. The largest absolute Gasteiger partial charge is 0.457 e. The predicted octanol–water partition coefficient (Wildman–Crippen LogP) is 4.40. The number of rotatable bonds is 2. The van der Waals surface area contributed by atoms with Gasteiger partial charge in [-0.2, -0.15) is 0 Å². The normalized spacial score (nSPS) is 13.5. The number of Topliss-reactive ketones (excluding diaryl/α,β-unsaturated/α-hetero) is 1. The molecule has 0 heterocycles. The first kappa shape index (κ1) is 12.2. The number of halogens is 2. The Morgan fingerprint density at radius 3 is 2.79 bits per heavy atom. The average Bonchev–Trinajstić information content (AvgIpc) is 2.71. The number of benzene rings is 2. The lowest BCUT2D eigenvalue weighted by atomic mass is 10.1. The maximum absolute atomic E-state index is 13.2. The molecular formula is C15H10ClFO2. The lowest BCUT2D eigenvalue weighted by Crippen LogP contribution is -1.93. The molecule has 2 aromatic rings. The Kier molecular flexibility index (Phi) is 2.99. The molecule has 0 amide bonds. The van der Waals surface area contributed by atoms with E-state index in [4.69, 9.17) is 16.3 Å². The predicted molar refractivity (Wildman–Crippen MR) is 70.6 cm³/mol. The van der Waals surface area contributed by atoms with Gasteiger partial charge in [0.05, 0.1) is 0 Å². The van der Waals surface area contributed by atoms with Gasteiger partial charge in [-0.1, -0.05) is 23.7 Å². The van der Waals surface area contributed by atoms with Crippen molar-refractivity contribution in [3.63, 3.8) is 0 Å². The Morgan fingerprint density at radius 1 is 1.16 bits per heavy atom. The Hall–Kier alpha value is -1.87. The zero-order valence-electron chi connectivity index (χ0n) is 9.95. The first-order valence-electron chi connectivity index (χ1n) is 5.92. The van der Waals surface area contributed by atoms with E-state index in [0.717, 1.165) is 5.56 Å². The molecule has 19 heavy (non-hydrogen) atoms. The third kappa shape index (κ3) is 2.34. The number of fused-ring (bicyclic) bond motifs is 1. The van der Waals surface area contributed by atoms with E-state index in [1.54, 1.807) is 24.3 Å². The monoisotopic (exact) mass is 276 g/mol. The summed E-state index contributed by atoms with van der Waals surface area (Å²) in [4.78, 5) is 11.6. The van der Waals surface area contributed by atoms with Crippen molar-refractivity contribution in [1.29, 1.82) is 0 Å². The topological polar surface area (TPSA) is 26.3 Å². The summed E-state index contributed by atoms with van der Waals surface area (Å²) in [5.74, 6) is 0.589. The van der Waals surface area contributed by atoms with E-state index in [1.807, 2.05) is 0 Å². The first-order valence-corrected chi connectivity index (χ1v) is 6.30. The summed E-state index contributed by atoms with van der Waals surface area (Å²) in [6.07, 6.45) is 1.16. The minimum Gasteiger partial charge on any atom is -0.457 e. The van der Waals surface area contributed by atoms with Gasteiger partial charge in [0.25, 0.3) is 0 Å². The first-order chi connectivity index (χ1) is 9.13. The summed E-state index contributed by atoms with van der Waals surface area (Å²) in [7, 11) is 0. The zero-order chi connectivity index (χ0) is 13.4. The molecule has 0 aromatic heterocycles. The molecule has 0 saturated carbocycles. The standard InChI is InChI=1S/C15H10ClFO2/c16-9-6-10(17)8-11(7-9)19-15-3-1-2-12-13(15)4-5-14(12)18/h1-3,6-8H,4-5H2. The van der Waals surface area contributed by atoms with Gasteiger partial charge in [0.15, 0.2) is 5.78 Å². The SMILES string of the molecule is O=C1CCc2c(Oc3cc(F)cc(Cl)c3)cccc21. The molecule has 0 N–H and O–H groups in total. The Labute approximate surface area is 114 Å². The molecule has 4 heteroatoms. The van der Waals surface area contributed by atoms with E-state index in [9.17, 15) is 9.18 Å². The van der Waals surface area contributed by atoms with Gasteiger partial charge >= 0.3 is 0 Å². The van der Waals surface area contributed by atoms with E-state index in [-0.39, 0.29) is 10.8 Å². The van der Waals surface area contributed by atoms with Crippen molar-refractivity contribution >= 4 is 17.4 Å². The summed E-state index contributed by atoms with van der Waals surface area (Å²) >= 11 is 5.78. The fourth-order valence-corrected chi connectivity index (χ4v) is 2.48. The van der Waals surface area contributed by atoms with Gasteiger partial charge < -0.3 is 4.74 Å². The van der Waals surface area contributed by atoms with Crippen LogP contribution in [0.5, 0.6) is 11.5 Å². The molecule has 0 saturated heterocycles. The van der Waals surface area contributed by atoms with Gasteiger partial charge in [-0.25, -0.2) is 4.39 Å². The average molecular weight is 277 g/mol. The second kappa shape index (κ2) is 4.67. The fourth-order valence-electron chi connectivity index (χ4n) is 2.27. The van der Waals surface area contributed by atoms with Crippen LogP contribution in [0, 0.1) is 5.82 Å². The molecule has 0 aliphatic heterocycles. The molecular weight excluding hydrogens is 267 g/mol. The fraction of sp³-hybridized carbons (Fsp3) is 0.133. The van der Waals surface area contributed by atoms with Crippen LogP contribution in [0.3, 0.4) is 0 Å². The van der Waals surface area contributed by atoms with Crippen molar-refractivity contribution in [3.8, 4) is 11.5 Å². The van der Waals surface area contributed by atoms with Crippen molar-refractivity contribution in [3.05, 3.63) is 58.4 Å². The second-order valence-electron chi connectivity index (χ2n) is 4.41. The second-order valence-corrected chi connectivity index (χ2v) is 4.85. The molecule has 96 valence electrons. The number of ether oxygens (including phenoxy) is 1. The van der Waals surface area contributed by atoms with E-state index in [2.05, 4.69) is 0 Å². The van der Waals surface area contributed by atoms with Crippen LogP contribution in [0.2, 0.25) is 5.02 Å². The molecule has 1 aliphatic rings. The van der Waals surface area contributed by atoms with E-state index in [1.165, 1.54) is 12.1 Å². The maximum Gasteiger partial charge on any atom is 0.163 e. The van der Waals surface area contributed by atoms with Crippen molar-refractivity contribution in [2.45, 2.75) is 12.8 Å². The Balaban J connectivity index is 1.98. The van der Waals surface area contributed by atoms with Crippen LogP contribution in [0.1, 0.15) is 22.3 Å². The van der Waals surface area contributed by atoms with E-state index < -0.39 is 5.82 Å². The summed E-state index contributed by atoms with van der Waals surface area (Å²) in [5.41, 5.74) is 1.58. The van der Waals surface area contributed by atoms with Crippen LogP contribution in [-0.4, -0.2) is 5.78 Å². The Morgan fingerprint density at radius 2 is 2.00 bits per heavy atom. The smallest absolute Gasteiger partial charge is 0.163 e. The molecule has 0 fully saturated rings. The Bertz CT molecular complexity index is 647. The lowest BCUT2D eigenvalue weighted by molar-refractivity contribution is 0.0994. The van der Waals surface area contributed by atoms with Gasteiger partial charge in [-0.15, -0.1) is 0 Å². The third-order valence-electron chi connectivity index (χ3n) is 3.10.